The van der Waals surface area contributed by atoms with Crippen LogP contribution in [0.3, 0.4) is 0 Å². The van der Waals surface area contributed by atoms with Gasteiger partial charge in [-0.15, -0.1) is 0 Å². The number of thiol groups is 1. The molecule has 0 aromatic carbocycles. The Morgan fingerprint density at radius 1 is 1.50 bits per heavy atom. The molecule has 0 fully saturated rings. The van der Waals surface area contributed by atoms with Crippen LogP contribution in [-0.4, -0.2) is 18.0 Å². The molecule has 0 aromatic rings. The summed E-state index contributed by atoms with van der Waals surface area (Å²) in [4.78, 5) is 0. The van der Waals surface area contributed by atoms with Gasteiger partial charge in [-0.3, -0.25) is 5.14 Å². The number of rotatable bonds is 0. The van der Waals surface area contributed by atoms with E-state index in [9.17, 15) is 0 Å². The van der Waals surface area contributed by atoms with Gasteiger partial charge in [0.15, 0.2) is 0 Å². The van der Waals surface area contributed by atoms with Crippen LogP contribution in [0.4, 0.5) is 0 Å². The summed E-state index contributed by atoms with van der Waals surface area (Å²) >= 11 is 4.78. The van der Waals surface area contributed by atoms with Gasteiger partial charge in [0.05, 0.1) is 0 Å². The summed E-state index contributed by atoms with van der Waals surface area (Å²) < 4.78 is 0. The average molecular weight is 129 g/mol. The predicted octanol–water partition coefficient (Wildman–Crippen LogP) is -0.0556. The molecule has 0 radical (unpaired) electrons. The lowest BCUT2D eigenvalue weighted by molar-refractivity contribution is 0.824. The third kappa shape index (κ3) is 157. The number of hydrogen-bond donors (Lipinski definition) is 2. The minimum atomic E-state index is 0. The highest BCUT2D eigenvalue weighted by molar-refractivity contribution is 7.96. The first-order valence-electron chi connectivity index (χ1n) is 1.09. The smallest absolute Gasteiger partial charge is 0.00394 e. The highest BCUT2D eigenvalue weighted by Gasteiger charge is 1.31. The second-order valence-electron chi connectivity index (χ2n) is 0.236. The first kappa shape index (κ1) is 16.0. The Balaban J connectivity index is -0.0000000275. The molecule has 0 bridgehead atoms. The molecule has 0 spiro atoms. The first-order valence-corrected chi connectivity index (χ1v) is 3.27. The van der Waals surface area contributed by atoms with Crippen LogP contribution in [0.5, 0.6) is 0 Å². The molecular weight excluding hydrogens is 118 g/mol. The molecule has 0 rings (SSSR count). The Kier molecular flexibility index (Phi) is 122. The van der Waals surface area contributed by atoms with E-state index in [1.165, 1.54) is 11.9 Å². The van der Waals surface area contributed by atoms with Crippen molar-refractivity contribution in [3.8, 4) is 0 Å². The van der Waals surface area contributed by atoms with Gasteiger partial charge in [0.2, 0.25) is 0 Å². The molecule has 4 heteroatoms. The van der Waals surface area contributed by atoms with Crippen molar-refractivity contribution in [3.63, 3.8) is 0 Å². The maximum atomic E-state index is 4.76. The van der Waals surface area contributed by atoms with Crippen LogP contribution in [0.1, 0.15) is 0 Å². The van der Waals surface area contributed by atoms with Gasteiger partial charge < -0.3 is 5.48 Å². The molecule has 0 atom stereocenters. The van der Waals surface area contributed by atoms with E-state index in [0.717, 1.165) is 0 Å². The molecule has 0 amide bonds. The van der Waals surface area contributed by atoms with Crippen LogP contribution < -0.4 is 5.14 Å². The molecule has 2 nitrogen and oxygen atoms in total. The zero-order chi connectivity index (χ0) is 4.71. The largest absolute Gasteiger partial charge is 0.412 e. The summed E-state index contributed by atoms with van der Waals surface area (Å²) in [6.07, 6.45) is 3.51. The third-order valence-electron chi connectivity index (χ3n) is 0. The lowest BCUT2D eigenvalue weighted by atomic mass is 12.0. The van der Waals surface area contributed by atoms with Gasteiger partial charge in [-0.05, 0) is 12.5 Å². The van der Waals surface area contributed by atoms with Gasteiger partial charge in [0.25, 0.3) is 0 Å². The van der Waals surface area contributed by atoms with E-state index in [1.807, 2.05) is 6.26 Å². The van der Waals surface area contributed by atoms with Crippen molar-refractivity contribution < 1.29 is 5.48 Å². The summed E-state index contributed by atoms with van der Waals surface area (Å²) in [5.74, 6) is 0. The Bertz CT molecular complexity index is 11.5. The molecule has 0 heterocycles. The second kappa shape index (κ2) is 45.7. The van der Waals surface area contributed by atoms with Crippen molar-refractivity contribution in [1.82, 2.24) is 0 Å². The van der Waals surface area contributed by atoms with Crippen molar-refractivity contribution in [2.45, 2.75) is 0 Å². The van der Waals surface area contributed by atoms with Crippen LogP contribution in [0.25, 0.3) is 0 Å². The standard InChI is InChI=1S/CH5NS.CH4S.H2O/c1-3-2;1-2;/h2H2,1H3;2H,1H3;1H2. The number of nitrogens with two attached hydrogens (primary N) is 1. The normalized spacial score (nSPS) is 4.00. The van der Waals surface area contributed by atoms with Crippen LogP contribution in [0.2, 0.25) is 0 Å². The summed E-state index contributed by atoms with van der Waals surface area (Å²) in [5, 5.41) is 4.76. The van der Waals surface area contributed by atoms with Crippen molar-refractivity contribution in [3.05, 3.63) is 0 Å². The maximum Gasteiger partial charge on any atom is -0.00394 e. The molecule has 6 heavy (non-hydrogen) atoms. The Labute approximate surface area is 48.3 Å². The van der Waals surface area contributed by atoms with Crippen molar-refractivity contribution in [2.75, 3.05) is 12.5 Å². The first-order chi connectivity index (χ1) is 2.41. The van der Waals surface area contributed by atoms with E-state index in [1.54, 1.807) is 6.26 Å². The average Bonchev–Trinajstić information content (AvgIpc) is 1.46. The SMILES string of the molecule is CS.CSN.O. The zero-order valence-corrected chi connectivity index (χ0v) is 5.64. The van der Waals surface area contributed by atoms with Crippen molar-refractivity contribution >= 4 is 24.6 Å². The zero-order valence-electron chi connectivity index (χ0n) is 3.93. The second-order valence-corrected chi connectivity index (χ2v) is 0.707. The quantitative estimate of drug-likeness (QED) is 0.356. The van der Waals surface area contributed by atoms with E-state index >= 15 is 0 Å². The van der Waals surface area contributed by atoms with E-state index in [4.69, 9.17) is 5.14 Å². The minimum absolute atomic E-state index is 0. The molecule has 0 aliphatic heterocycles. The van der Waals surface area contributed by atoms with Gasteiger partial charge in [-0.1, -0.05) is 11.9 Å². The molecule has 0 saturated carbocycles. The van der Waals surface area contributed by atoms with Gasteiger partial charge in [-0.2, -0.15) is 12.6 Å². The van der Waals surface area contributed by atoms with E-state index in [2.05, 4.69) is 12.6 Å². The molecule has 4 N–H and O–H groups in total. The summed E-state index contributed by atoms with van der Waals surface area (Å²) in [6, 6.07) is 0. The highest BCUT2D eigenvalue weighted by atomic mass is 32.2. The van der Waals surface area contributed by atoms with E-state index < -0.39 is 0 Å². The Morgan fingerprint density at radius 2 is 1.50 bits per heavy atom. The molecule has 0 unspecified atom stereocenters. The molecule has 0 aliphatic rings. The molecule has 0 aliphatic carbocycles. The fourth-order valence-corrected chi connectivity index (χ4v) is 0. The van der Waals surface area contributed by atoms with Gasteiger partial charge in [0.1, 0.15) is 0 Å². The van der Waals surface area contributed by atoms with Crippen LogP contribution in [0.15, 0.2) is 0 Å². The van der Waals surface area contributed by atoms with Crippen LogP contribution >= 0.6 is 24.6 Å². The molecule has 42 valence electrons. The maximum absolute atomic E-state index is 4.76. The molecular formula is C2H11NOS2. The Morgan fingerprint density at radius 3 is 1.50 bits per heavy atom. The van der Waals surface area contributed by atoms with Crippen LogP contribution in [0, 0.1) is 0 Å². The lowest BCUT2D eigenvalue weighted by Gasteiger charge is -1.54. The molecule has 0 aromatic heterocycles. The third-order valence-corrected chi connectivity index (χ3v) is 0. The summed E-state index contributed by atoms with van der Waals surface area (Å²) in [5.41, 5.74) is 0. The topological polar surface area (TPSA) is 57.5 Å². The number of hydrogen-bond acceptors (Lipinski definition) is 3. The van der Waals surface area contributed by atoms with E-state index in [0.29, 0.717) is 0 Å². The van der Waals surface area contributed by atoms with E-state index in [-0.39, 0.29) is 5.48 Å². The Hall–Kier alpha value is 0.620. The van der Waals surface area contributed by atoms with Crippen molar-refractivity contribution in [1.29, 1.82) is 0 Å². The predicted molar refractivity (Wildman–Crippen MR) is 36.2 cm³/mol. The highest BCUT2D eigenvalue weighted by Crippen LogP contribution is 1.59. The fourth-order valence-electron chi connectivity index (χ4n) is 0. The summed E-state index contributed by atoms with van der Waals surface area (Å²) in [7, 11) is 0. The van der Waals surface area contributed by atoms with Gasteiger partial charge in [0, 0.05) is 0 Å². The van der Waals surface area contributed by atoms with Crippen LogP contribution in [-0.2, 0) is 0 Å². The minimum Gasteiger partial charge on any atom is -0.412 e. The fraction of sp³-hybridized carbons (Fsp3) is 1.00. The molecule has 0 saturated heterocycles. The monoisotopic (exact) mass is 129 g/mol. The van der Waals surface area contributed by atoms with Gasteiger partial charge in [-0.25, -0.2) is 0 Å². The van der Waals surface area contributed by atoms with Gasteiger partial charge >= 0.3 is 0 Å². The lowest BCUT2D eigenvalue weighted by Crippen LogP contribution is -1.64. The van der Waals surface area contributed by atoms with Crippen molar-refractivity contribution in [2.24, 2.45) is 5.14 Å². The summed E-state index contributed by atoms with van der Waals surface area (Å²) in [6.45, 7) is 0.